The number of pyridine rings is 1. The summed E-state index contributed by atoms with van der Waals surface area (Å²) in [5, 5.41) is 11.0. The van der Waals surface area contributed by atoms with Gasteiger partial charge >= 0.3 is 0 Å². The smallest absolute Gasteiger partial charge is 0.0935 e. The highest BCUT2D eigenvalue weighted by Crippen LogP contribution is 2.37. The summed E-state index contributed by atoms with van der Waals surface area (Å²) in [6.07, 6.45) is 6.13. The molecule has 0 amide bonds. The van der Waals surface area contributed by atoms with E-state index in [0.717, 1.165) is 57.7 Å². The van der Waals surface area contributed by atoms with Crippen molar-refractivity contribution in [3.63, 3.8) is 0 Å². The van der Waals surface area contributed by atoms with E-state index >= 15 is 0 Å². The first-order valence-corrected chi connectivity index (χ1v) is 9.19. The van der Waals surface area contributed by atoms with Crippen molar-refractivity contribution in [2.75, 3.05) is 32.8 Å². The van der Waals surface area contributed by atoms with Crippen LogP contribution in [0.1, 0.15) is 30.4 Å². The lowest BCUT2D eigenvalue weighted by atomic mass is 9.78. The molecule has 2 saturated heterocycles. The molecule has 2 aliphatic rings. The molecule has 1 atom stereocenters. The Balaban J connectivity index is 1.46. The van der Waals surface area contributed by atoms with Gasteiger partial charge in [-0.15, -0.1) is 0 Å². The summed E-state index contributed by atoms with van der Waals surface area (Å²) < 4.78 is 5.78. The standard InChI is InChI=1S/C21H26N2O2/c24-21(19-7-4-11-22-15-19)8-12-23(13-9-21)16-20(10-14-25-17-20)18-5-2-1-3-6-18/h1-7,11,15,24H,8-10,12-14,16-17H2/t20-/m0/s1. The summed E-state index contributed by atoms with van der Waals surface area (Å²) in [6.45, 7) is 4.43. The van der Waals surface area contributed by atoms with Crippen LogP contribution in [-0.4, -0.2) is 47.8 Å². The summed E-state index contributed by atoms with van der Waals surface area (Å²) in [4.78, 5) is 6.66. The number of likely N-dealkylation sites (tertiary alicyclic amines) is 1. The molecule has 0 spiro atoms. The average Bonchev–Trinajstić information content (AvgIpc) is 3.15. The van der Waals surface area contributed by atoms with Crippen LogP contribution in [0.2, 0.25) is 0 Å². The van der Waals surface area contributed by atoms with Crippen LogP contribution in [0.4, 0.5) is 0 Å². The number of aromatic nitrogens is 1. The van der Waals surface area contributed by atoms with Gasteiger partial charge in [0, 0.05) is 49.6 Å². The first kappa shape index (κ1) is 16.7. The fourth-order valence-corrected chi connectivity index (χ4v) is 4.28. The molecule has 2 fully saturated rings. The van der Waals surface area contributed by atoms with Crippen molar-refractivity contribution in [3.05, 3.63) is 66.0 Å². The highest BCUT2D eigenvalue weighted by molar-refractivity contribution is 5.27. The molecular weight excluding hydrogens is 312 g/mol. The maximum Gasteiger partial charge on any atom is 0.0935 e. The summed E-state index contributed by atoms with van der Waals surface area (Å²) in [7, 11) is 0. The van der Waals surface area contributed by atoms with Crippen molar-refractivity contribution >= 4 is 0 Å². The predicted octanol–water partition coefficient (Wildman–Crippen LogP) is 2.72. The highest BCUT2D eigenvalue weighted by Gasteiger charge is 2.41. The Hall–Kier alpha value is -1.75. The second-order valence-corrected chi connectivity index (χ2v) is 7.50. The van der Waals surface area contributed by atoms with Crippen LogP contribution in [0.15, 0.2) is 54.9 Å². The van der Waals surface area contributed by atoms with Gasteiger partial charge in [0.05, 0.1) is 12.2 Å². The Bertz CT molecular complexity index is 676. The molecule has 0 aliphatic carbocycles. The molecule has 0 unspecified atom stereocenters. The van der Waals surface area contributed by atoms with E-state index in [9.17, 15) is 5.11 Å². The Labute approximate surface area is 149 Å². The molecule has 1 aromatic carbocycles. The normalized spacial score (nSPS) is 26.6. The number of nitrogens with zero attached hydrogens (tertiary/aromatic N) is 2. The molecule has 1 N–H and O–H groups in total. The lowest BCUT2D eigenvalue weighted by Gasteiger charge is -2.42. The van der Waals surface area contributed by atoms with Gasteiger partial charge in [-0.05, 0) is 30.9 Å². The second-order valence-electron chi connectivity index (χ2n) is 7.50. The number of piperidine rings is 1. The number of hydrogen-bond acceptors (Lipinski definition) is 4. The zero-order valence-corrected chi connectivity index (χ0v) is 14.6. The van der Waals surface area contributed by atoms with E-state index in [4.69, 9.17) is 4.74 Å². The fourth-order valence-electron chi connectivity index (χ4n) is 4.28. The Morgan fingerprint density at radius 1 is 1.00 bits per heavy atom. The largest absolute Gasteiger partial charge is 0.385 e. The first-order chi connectivity index (χ1) is 12.2. The number of rotatable bonds is 4. The van der Waals surface area contributed by atoms with Gasteiger partial charge in [0.25, 0.3) is 0 Å². The van der Waals surface area contributed by atoms with Crippen molar-refractivity contribution in [3.8, 4) is 0 Å². The van der Waals surface area contributed by atoms with Crippen LogP contribution in [0.3, 0.4) is 0 Å². The molecule has 4 heteroatoms. The van der Waals surface area contributed by atoms with Gasteiger partial charge in [-0.2, -0.15) is 0 Å². The topological polar surface area (TPSA) is 45.6 Å². The molecule has 4 nitrogen and oxygen atoms in total. The third kappa shape index (κ3) is 3.34. The van der Waals surface area contributed by atoms with Gasteiger partial charge in [0.2, 0.25) is 0 Å². The van der Waals surface area contributed by atoms with Crippen LogP contribution in [0.25, 0.3) is 0 Å². The maximum atomic E-state index is 11.0. The summed E-state index contributed by atoms with van der Waals surface area (Å²) in [6, 6.07) is 14.6. The van der Waals surface area contributed by atoms with E-state index in [2.05, 4.69) is 40.2 Å². The zero-order valence-electron chi connectivity index (χ0n) is 14.6. The third-order valence-corrected chi connectivity index (χ3v) is 5.90. The first-order valence-electron chi connectivity index (χ1n) is 9.19. The quantitative estimate of drug-likeness (QED) is 0.931. The van der Waals surface area contributed by atoms with E-state index in [1.54, 1.807) is 12.4 Å². The Morgan fingerprint density at radius 2 is 1.76 bits per heavy atom. The molecule has 1 aromatic heterocycles. The summed E-state index contributed by atoms with van der Waals surface area (Å²) >= 11 is 0. The van der Waals surface area contributed by atoms with Crippen LogP contribution in [0, 0.1) is 0 Å². The minimum absolute atomic E-state index is 0.0883. The van der Waals surface area contributed by atoms with Crippen LogP contribution in [0.5, 0.6) is 0 Å². The second kappa shape index (κ2) is 6.87. The fraction of sp³-hybridized carbons (Fsp3) is 0.476. The molecule has 2 aliphatic heterocycles. The SMILES string of the molecule is OC1(c2cccnc2)CCN(C[C@@]2(c3ccccc3)CCOC2)CC1. The average molecular weight is 338 g/mol. The van der Waals surface area contributed by atoms with Gasteiger partial charge in [0.15, 0.2) is 0 Å². The van der Waals surface area contributed by atoms with Crippen LogP contribution >= 0.6 is 0 Å². The van der Waals surface area contributed by atoms with Gasteiger partial charge in [-0.1, -0.05) is 36.4 Å². The lowest BCUT2D eigenvalue weighted by Crippen LogP contribution is -2.48. The van der Waals surface area contributed by atoms with E-state index in [1.165, 1.54) is 5.56 Å². The van der Waals surface area contributed by atoms with E-state index in [1.807, 2.05) is 12.1 Å². The molecule has 0 saturated carbocycles. The van der Waals surface area contributed by atoms with Crippen molar-refractivity contribution < 1.29 is 9.84 Å². The van der Waals surface area contributed by atoms with Crippen LogP contribution in [-0.2, 0) is 15.8 Å². The highest BCUT2D eigenvalue weighted by atomic mass is 16.5. The molecule has 2 aromatic rings. The van der Waals surface area contributed by atoms with Gasteiger partial charge in [-0.25, -0.2) is 0 Å². The van der Waals surface area contributed by atoms with E-state index < -0.39 is 5.60 Å². The molecule has 0 radical (unpaired) electrons. The molecule has 4 rings (SSSR count). The van der Waals surface area contributed by atoms with E-state index in [-0.39, 0.29) is 5.41 Å². The number of hydrogen-bond donors (Lipinski definition) is 1. The molecule has 25 heavy (non-hydrogen) atoms. The minimum Gasteiger partial charge on any atom is -0.385 e. The molecule has 0 bridgehead atoms. The summed E-state index contributed by atoms with van der Waals surface area (Å²) in [5.74, 6) is 0. The van der Waals surface area contributed by atoms with Gasteiger partial charge < -0.3 is 14.7 Å². The Kier molecular flexibility index (Phi) is 4.59. The van der Waals surface area contributed by atoms with E-state index in [0.29, 0.717) is 0 Å². The Morgan fingerprint density at radius 3 is 2.40 bits per heavy atom. The lowest BCUT2D eigenvalue weighted by molar-refractivity contribution is -0.0309. The number of aliphatic hydroxyl groups is 1. The number of benzene rings is 1. The summed E-state index contributed by atoms with van der Waals surface area (Å²) in [5.41, 5.74) is 1.67. The molecular formula is C21H26N2O2. The molecule has 3 heterocycles. The monoisotopic (exact) mass is 338 g/mol. The van der Waals surface area contributed by atoms with Gasteiger partial charge in [0.1, 0.15) is 0 Å². The van der Waals surface area contributed by atoms with Crippen LogP contribution < -0.4 is 0 Å². The minimum atomic E-state index is -0.739. The third-order valence-electron chi connectivity index (χ3n) is 5.90. The van der Waals surface area contributed by atoms with Crippen molar-refractivity contribution in [2.24, 2.45) is 0 Å². The maximum absolute atomic E-state index is 11.0. The van der Waals surface area contributed by atoms with Crippen molar-refractivity contribution in [1.29, 1.82) is 0 Å². The van der Waals surface area contributed by atoms with Crippen molar-refractivity contribution in [1.82, 2.24) is 9.88 Å². The van der Waals surface area contributed by atoms with Crippen molar-refractivity contribution in [2.45, 2.75) is 30.3 Å². The zero-order chi connectivity index (χ0) is 17.2. The number of ether oxygens (including phenoxy) is 1. The molecule has 132 valence electrons. The van der Waals surface area contributed by atoms with Gasteiger partial charge in [-0.3, -0.25) is 4.98 Å². The predicted molar refractivity (Wildman–Crippen MR) is 97.4 cm³/mol.